The van der Waals surface area contributed by atoms with Gasteiger partial charge in [0.2, 0.25) is 12.7 Å². The maximum Gasteiger partial charge on any atom is 0.315 e. The molecule has 12 heteroatoms. The number of urea groups is 1. The van der Waals surface area contributed by atoms with E-state index in [2.05, 4.69) is 10.6 Å². The summed E-state index contributed by atoms with van der Waals surface area (Å²) in [6.45, 7) is 6.30. The van der Waals surface area contributed by atoms with Crippen LogP contribution in [0.5, 0.6) is 11.5 Å². The molecule has 0 radical (unpaired) electrons. The van der Waals surface area contributed by atoms with Gasteiger partial charge < -0.3 is 39.6 Å². The normalized spacial score (nSPS) is 13.5. The zero-order chi connectivity index (χ0) is 27.3. The second-order valence-corrected chi connectivity index (χ2v) is 9.47. The third-order valence-electron chi connectivity index (χ3n) is 5.80. The Kier molecular flexibility index (Phi) is 11.7. The summed E-state index contributed by atoms with van der Waals surface area (Å²) >= 11 is 1.49. The van der Waals surface area contributed by atoms with E-state index in [0.717, 1.165) is 4.88 Å². The Balaban J connectivity index is 1.75. The van der Waals surface area contributed by atoms with Crippen molar-refractivity contribution in [2.24, 2.45) is 0 Å². The third-order valence-corrected chi connectivity index (χ3v) is 6.70. The van der Waals surface area contributed by atoms with E-state index in [1.165, 1.54) is 11.3 Å². The predicted octanol–water partition coefficient (Wildman–Crippen LogP) is 2.80. The van der Waals surface area contributed by atoms with Crippen LogP contribution in [-0.2, 0) is 25.5 Å². The van der Waals surface area contributed by atoms with E-state index in [1.54, 1.807) is 23.1 Å². The van der Waals surface area contributed by atoms with Crippen LogP contribution in [0.15, 0.2) is 35.7 Å². The van der Waals surface area contributed by atoms with Gasteiger partial charge in [-0.1, -0.05) is 12.1 Å². The zero-order valence-electron chi connectivity index (χ0n) is 21.6. The molecule has 11 nitrogen and oxygen atoms in total. The number of carboxylic acid groups (broad SMARTS) is 1. The number of nitrogens with one attached hydrogen (secondary N) is 2. The second-order valence-electron chi connectivity index (χ2n) is 8.44. The summed E-state index contributed by atoms with van der Waals surface area (Å²) in [4.78, 5) is 40.9. The quantitative estimate of drug-likeness (QED) is 0.272. The number of benzene rings is 1. The minimum absolute atomic E-state index is 0.0753. The summed E-state index contributed by atoms with van der Waals surface area (Å²) < 4.78 is 21.6. The van der Waals surface area contributed by atoms with Gasteiger partial charge in [-0.05, 0) is 43.0 Å². The molecule has 2 aromatic rings. The van der Waals surface area contributed by atoms with E-state index < -0.39 is 24.1 Å². The molecule has 208 valence electrons. The summed E-state index contributed by atoms with van der Waals surface area (Å²) in [6, 6.07) is 6.39. The van der Waals surface area contributed by atoms with E-state index in [1.807, 2.05) is 31.4 Å². The summed E-state index contributed by atoms with van der Waals surface area (Å²) in [5.74, 6) is -0.332. The molecule has 0 saturated heterocycles. The number of carbonyl (C=O) groups excluding carboxylic acids is 2. The topological polar surface area (TPSA) is 136 Å². The van der Waals surface area contributed by atoms with E-state index in [4.69, 9.17) is 18.9 Å². The highest BCUT2D eigenvalue weighted by Gasteiger charge is 2.28. The van der Waals surface area contributed by atoms with Crippen molar-refractivity contribution in [3.8, 4) is 11.5 Å². The van der Waals surface area contributed by atoms with Crippen molar-refractivity contribution in [3.63, 3.8) is 0 Å². The lowest BCUT2D eigenvalue weighted by Crippen LogP contribution is -2.53. The Morgan fingerprint density at radius 3 is 2.39 bits per heavy atom. The van der Waals surface area contributed by atoms with E-state index >= 15 is 0 Å². The van der Waals surface area contributed by atoms with E-state index in [-0.39, 0.29) is 25.5 Å². The van der Waals surface area contributed by atoms with Crippen LogP contribution in [0.3, 0.4) is 0 Å². The molecule has 1 aliphatic heterocycles. The Morgan fingerprint density at radius 2 is 1.76 bits per heavy atom. The Bertz CT molecular complexity index is 1040. The molecule has 0 bridgehead atoms. The monoisotopic (exact) mass is 549 g/mol. The SMILES string of the molecule is CCOCCN(CCOCC)C(=O)[C@H](Cc1cccs1)NC(=O)N[C@@H](CC(=O)O)c1ccc2c(c1)OCO2. The maximum atomic E-state index is 13.6. The predicted molar refractivity (Wildman–Crippen MR) is 141 cm³/mol. The van der Waals surface area contributed by atoms with Gasteiger partial charge in [-0.3, -0.25) is 9.59 Å². The first kappa shape index (κ1) is 29.2. The van der Waals surface area contributed by atoms with Crippen molar-refractivity contribution >= 4 is 29.2 Å². The number of ether oxygens (including phenoxy) is 4. The zero-order valence-corrected chi connectivity index (χ0v) is 22.5. The highest BCUT2D eigenvalue weighted by molar-refractivity contribution is 7.09. The van der Waals surface area contributed by atoms with Gasteiger partial charge in [-0.2, -0.15) is 0 Å². The number of aliphatic carboxylic acids is 1. The molecule has 1 aromatic heterocycles. The van der Waals surface area contributed by atoms with Gasteiger partial charge in [-0.25, -0.2) is 4.79 Å². The largest absolute Gasteiger partial charge is 0.481 e. The Morgan fingerprint density at radius 1 is 1.05 bits per heavy atom. The molecule has 3 N–H and O–H groups in total. The van der Waals surface area contributed by atoms with Crippen LogP contribution >= 0.6 is 11.3 Å². The van der Waals surface area contributed by atoms with Crippen LogP contribution in [0.4, 0.5) is 4.79 Å². The lowest BCUT2D eigenvalue weighted by Gasteiger charge is -2.28. The van der Waals surface area contributed by atoms with Gasteiger partial charge in [0.1, 0.15) is 6.04 Å². The smallest absolute Gasteiger partial charge is 0.315 e. The van der Waals surface area contributed by atoms with Gasteiger partial charge >= 0.3 is 12.0 Å². The van der Waals surface area contributed by atoms with Crippen LogP contribution in [0.25, 0.3) is 0 Å². The number of thiophene rings is 1. The first-order chi connectivity index (χ1) is 18.4. The van der Waals surface area contributed by atoms with Gasteiger partial charge in [0.05, 0.1) is 25.7 Å². The standard InChI is InChI=1S/C26H35N3O8S/c1-3-34-11-9-29(10-12-35-4-2)25(32)21(15-19-6-5-13-38-19)28-26(33)27-20(16-24(30)31)18-7-8-22-23(14-18)37-17-36-22/h5-8,13-14,20-21H,3-4,9-12,15-17H2,1-2H3,(H,30,31)(H2,27,28,33)/t20-,21-/m0/s1. The lowest BCUT2D eigenvalue weighted by molar-refractivity contribution is -0.137. The highest BCUT2D eigenvalue weighted by Crippen LogP contribution is 2.34. The fourth-order valence-corrected chi connectivity index (χ4v) is 4.69. The van der Waals surface area contributed by atoms with Crippen molar-refractivity contribution in [1.82, 2.24) is 15.5 Å². The summed E-state index contributed by atoms with van der Waals surface area (Å²) in [5, 5.41) is 16.9. The summed E-state index contributed by atoms with van der Waals surface area (Å²) in [7, 11) is 0. The molecule has 3 amide bonds. The molecule has 1 aliphatic rings. The minimum Gasteiger partial charge on any atom is -0.481 e. The van der Waals surface area contributed by atoms with Crippen LogP contribution in [0, 0.1) is 0 Å². The molecule has 0 unspecified atom stereocenters. The number of amides is 3. The molecular formula is C26H35N3O8S. The van der Waals surface area contributed by atoms with Crippen molar-refractivity contribution in [2.75, 3.05) is 46.3 Å². The molecule has 38 heavy (non-hydrogen) atoms. The third kappa shape index (κ3) is 8.89. The number of rotatable bonds is 16. The fraction of sp³-hybridized carbons (Fsp3) is 0.500. The molecule has 3 rings (SSSR count). The molecular weight excluding hydrogens is 514 g/mol. The van der Waals surface area contributed by atoms with Gasteiger partial charge in [0, 0.05) is 37.6 Å². The van der Waals surface area contributed by atoms with Crippen molar-refractivity contribution < 1.29 is 38.4 Å². The van der Waals surface area contributed by atoms with Crippen LogP contribution in [0.2, 0.25) is 0 Å². The first-order valence-corrected chi connectivity index (χ1v) is 13.4. The molecule has 2 heterocycles. The van der Waals surface area contributed by atoms with E-state index in [0.29, 0.717) is 56.6 Å². The average Bonchev–Trinajstić information content (AvgIpc) is 3.58. The number of carboxylic acids is 1. The van der Waals surface area contributed by atoms with Crippen LogP contribution in [-0.4, -0.2) is 80.3 Å². The molecule has 0 saturated carbocycles. The molecule has 0 spiro atoms. The second kappa shape index (κ2) is 15.2. The number of hydrogen-bond acceptors (Lipinski definition) is 8. The number of nitrogens with zero attached hydrogens (tertiary/aromatic N) is 1. The summed E-state index contributed by atoms with van der Waals surface area (Å²) in [5.41, 5.74) is 0.544. The Hall–Kier alpha value is -3.35. The van der Waals surface area contributed by atoms with Crippen molar-refractivity contribution in [1.29, 1.82) is 0 Å². The first-order valence-electron chi connectivity index (χ1n) is 12.6. The maximum absolute atomic E-state index is 13.6. The molecule has 0 fully saturated rings. The number of carbonyl (C=O) groups is 3. The lowest BCUT2D eigenvalue weighted by atomic mass is 10.0. The number of hydrogen-bond donors (Lipinski definition) is 3. The van der Waals surface area contributed by atoms with Gasteiger partial charge in [0.15, 0.2) is 11.5 Å². The molecule has 0 aliphatic carbocycles. The van der Waals surface area contributed by atoms with Crippen LogP contribution < -0.4 is 20.1 Å². The molecule has 1 aromatic carbocycles. The number of fused-ring (bicyclic) bond motifs is 1. The molecule has 2 atom stereocenters. The highest BCUT2D eigenvalue weighted by atomic mass is 32.1. The average molecular weight is 550 g/mol. The van der Waals surface area contributed by atoms with E-state index in [9.17, 15) is 19.5 Å². The minimum atomic E-state index is -1.09. The van der Waals surface area contributed by atoms with Gasteiger partial charge in [-0.15, -0.1) is 11.3 Å². The Labute approximate surface area is 226 Å². The summed E-state index contributed by atoms with van der Waals surface area (Å²) in [6.07, 6.45) is -0.0667. The van der Waals surface area contributed by atoms with Gasteiger partial charge in [0.25, 0.3) is 0 Å². The van der Waals surface area contributed by atoms with Crippen molar-refractivity contribution in [2.45, 2.75) is 38.8 Å². The fourth-order valence-electron chi connectivity index (χ4n) is 3.94. The van der Waals surface area contributed by atoms with Crippen molar-refractivity contribution in [3.05, 3.63) is 46.2 Å². The van der Waals surface area contributed by atoms with Crippen LogP contribution in [0.1, 0.15) is 36.8 Å².